The number of ether oxygens (including phenoxy) is 4. The van der Waals surface area contributed by atoms with E-state index in [2.05, 4.69) is 26.0 Å². The van der Waals surface area contributed by atoms with Gasteiger partial charge >= 0.3 is 0 Å². The summed E-state index contributed by atoms with van der Waals surface area (Å²) in [4.78, 5) is 4.00. The number of rotatable bonds is 6. The summed E-state index contributed by atoms with van der Waals surface area (Å²) in [5.74, 6) is 0. The summed E-state index contributed by atoms with van der Waals surface area (Å²) in [6.45, 7) is 2.66. The normalized spacial score (nSPS) is 30.3. The summed E-state index contributed by atoms with van der Waals surface area (Å²) >= 11 is 11.1. The molecule has 31 heavy (non-hydrogen) atoms. The van der Waals surface area contributed by atoms with Crippen LogP contribution < -0.4 is 0 Å². The number of benzene rings is 2. The van der Waals surface area contributed by atoms with Crippen LogP contribution in [0.15, 0.2) is 63.0 Å². The van der Waals surface area contributed by atoms with E-state index in [1.807, 2.05) is 55.5 Å². The van der Waals surface area contributed by atoms with Crippen LogP contribution >= 0.6 is 39.3 Å². The third-order valence-electron chi connectivity index (χ3n) is 5.07. The van der Waals surface area contributed by atoms with Crippen LogP contribution in [0.2, 0.25) is 5.02 Å². The largest absolute Gasteiger partial charge is 0.374 e. The van der Waals surface area contributed by atoms with Crippen molar-refractivity contribution in [2.24, 2.45) is 5.11 Å². The maximum atomic E-state index is 9.27. The van der Waals surface area contributed by atoms with E-state index in [0.717, 1.165) is 14.9 Å². The molecule has 2 heterocycles. The number of nitrogens with zero attached hydrogens (tertiary/aromatic N) is 3. The number of hydrogen-bond acceptors (Lipinski definition) is 6. The highest BCUT2D eigenvalue weighted by molar-refractivity contribution is 9.10. The maximum Gasteiger partial charge on any atom is 0.184 e. The highest BCUT2D eigenvalue weighted by Crippen LogP contribution is 2.42. The molecule has 0 bridgehead atoms. The van der Waals surface area contributed by atoms with Crippen molar-refractivity contribution < 1.29 is 18.9 Å². The Bertz CT molecular complexity index is 949. The van der Waals surface area contributed by atoms with E-state index in [4.69, 9.17) is 30.5 Å². The number of azide groups is 1. The molecule has 10 heteroatoms. The van der Waals surface area contributed by atoms with E-state index in [-0.39, 0.29) is 0 Å². The molecule has 2 saturated heterocycles. The van der Waals surface area contributed by atoms with Crippen LogP contribution in [-0.4, -0.2) is 43.0 Å². The van der Waals surface area contributed by atoms with Crippen molar-refractivity contribution in [3.05, 3.63) is 74.0 Å². The van der Waals surface area contributed by atoms with E-state index in [9.17, 15) is 5.53 Å². The summed E-state index contributed by atoms with van der Waals surface area (Å²) in [6.07, 6.45) is -1.93. The van der Waals surface area contributed by atoms with Crippen molar-refractivity contribution in [3.63, 3.8) is 0 Å². The molecule has 2 aliphatic rings. The van der Waals surface area contributed by atoms with Crippen molar-refractivity contribution in [2.45, 2.75) is 47.9 Å². The fourth-order valence-electron chi connectivity index (χ4n) is 3.69. The lowest BCUT2D eigenvalue weighted by Gasteiger charge is -2.48. The third-order valence-corrected chi connectivity index (χ3v) is 7.44. The van der Waals surface area contributed by atoms with Crippen molar-refractivity contribution in [1.29, 1.82) is 0 Å². The minimum absolute atomic E-state index is 0.318. The van der Waals surface area contributed by atoms with E-state index in [1.54, 1.807) is 0 Å². The summed E-state index contributed by atoms with van der Waals surface area (Å²) in [5, 5.41) is 4.67. The van der Waals surface area contributed by atoms with E-state index in [1.165, 1.54) is 11.8 Å². The second-order valence-electron chi connectivity index (χ2n) is 7.03. The number of fused-ring (bicyclic) bond motifs is 1. The molecular formula is C21H21BrClN3O4S. The first-order valence-corrected chi connectivity index (χ1v) is 11.9. The third kappa shape index (κ3) is 5.21. The number of halogens is 2. The first-order chi connectivity index (χ1) is 15.1. The van der Waals surface area contributed by atoms with E-state index in [0.29, 0.717) is 18.2 Å². The second-order valence-corrected chi connectivity index (χ2v) is 9.46. The maximum absolute atomic E-state index is 9.27. The van der Waals surface area contributed by atoms with Crippen molar-refractivity contribution in [2.75, 3.05) is 13.2 Å². The van der Waals surface area contributed by atoms with Crippen LogP contribution in [0.25, 0.3) is 10.4 Å². The van der Waals surface area contributed by atoms with Gasteiger partial charge in [0.2, 0.25) is 0 Å². The zero-order chi connectivity index (χ0) is 21.8. The fraction of sp³-hybridized carbons (Fsp3) is 0.429. The van der Waals surface area contributed by atoms with E-state index < -0.39 is 36.1 Å². The summed E-state index contributed by atoms with van der Waals surface area (Å²) in [7, 11) is 0. The molecule has 0 N–H and O–H groups in total. The Kier molecular flexibility index (Phi) is 7.79. The monoisotopic (exact) mass is 525 g/mol. The topological polar surface area (TPSA) is 85.7 Å². The number of hydrogen-bond donors (Lipinski definition) is 0. The molecular weight excluding hydrogens is 506 g/mol. The Hall–Kier alpha value is -1.29. The van der Waals surface area contributed by atoms with Gasteiger partial charge in [0.1, 0.15) is 23.7 Å². The molecule has 164 valence electrons. The summed E-state index contributed by atoms with van der Waals surface area (Å²) < 4.78 is 25.3. The van der Waals surface area contributed by atoms with Gasteiger partial charge in [0.15, 0.2) is 6.29 Å². The van der Waals surface area contributed by atoms with Gasteiger partial charge in [-0.05, 0) is 46.6 Å². The highest BCUT2D eigenvalue weighted by Gasteiger charge is 2.50. The first kappa shape index (κ1) is 22.9. The van der Waals surface area contributed by atoms with Gasteiger partial charge in [0, 0.05) is 26.5 Å². The predicted molar refractivity (Wildman–Crippen MR) is 122 cm³/mol. The van der Waals surface area contributed by atoms with Crippen molar-refractivity contribution >= 4 is 39.3 Å². The molecule has 2 fully saturated rings. The van der Waals surface area contributed by atoms with Gasteiger partial charge in [-0.2, -0.15) is 0 Å². The molecule has 0 aromatic heterocycles. The van der Waals surface area contributed by atoms with Gasteiger partial charge in [-0.1, -0.05) is 58.8 Å². The molecule has 0 aliphatic carbocycles. The lowest BCUT2D eigenvalue weighted by atomic mass is 9.96. The van der Waals surface area contributed by atoms with Gasteiger partial charge in [0.05, 0.1) is 17.7 Å². The SMILES string of the molecule is CCOC1[C@@H](Sc2ccc(Br)c(Cl)c2)OC2COC(c3ccccc3)O[C@@H]2[C@@H]1N=[N+]=[N-]. The highest BCUT2D eigenvalue weighted by atomic mass is 79.9. The summed E-state index contributed by atoms with van der Waals surface area (Å²) in [6, 6.07) is 14.8. The van der Waals surface area contributed by atoms with Gasteiger partial charge < -0.3 is 18.9 Å². The lowest BCUT2D eigenvalue weighted by molar-refractivity contribution is -0.300. The molecule has 2 aromatic rings. The Morgan fingerprint density at radius 3 is 2.77 bits per heavy atom. The van der Waals surface area contributed by atoms with Crippen molar-refractivity contribution in [3.8, 4) is 0 Å². The van der Waals surface area contributed by atoms with Gasteiger partial charge in [-0.25, -0.2) is 0 Å². The molecule has 0 saturated carbocycles. The molecule has 0 amide bonds. The predicted octanol–water partition coefficient (Wildman–Crippen LogP) is 6.12. The van der Waals surface area contributed by atoms with Crippen LogP contribution in [0.5, 0.6) is 0 Å². The summed E-state index contributed by atoms with van der Waals surface area (Å²) in [5.41, 5.74) is 9.74. The molecule has 2 aromatic carbocycles. The minimum atomic E-state index is -0.567. The quantitative estimate of drug-likeness (QED) is 0.257. The Morgan fingerprint density at radius 2 is 2.06 bits per heavy atom. The molecule has 7 nitrogen and oxygen atoms in total. The standard InChI is InChI=1S/C21H21BrClN3O4S/c1-2-27-19-17(25-26-24)18-16(11-28-20(30-18)12-6-4-3-5-7-12)29-21(19)31-13-8-9-14(22)15(23)10-13/h3-10,16-21H,2,11H2,1H3/t16?,17-,18-,19?,20?,21+/m0/s1. The lowest BCUT2D eigenvalue weighted by Crippen LogP contribution is -2.60. The number of thioether (sulfide) groups is 1. The fourth-order valence-corrected chi connectivity index (χ4v) is 5.35. The molecule has 0 spiro atoms. The average Bonchev–Trinajstić information content (AvgIpc) is 2.79. The van der Waals surface area contributed by atoms with Gasteiger partial charge in [0.25, 0.3) is 0 Å². The zero-order valence-corrected chi connectivity index (χ0v) is 19.8. The van der Waals surface area contributed by atoms with E-state index >= 15 is 0 Å². The molecule has 2 aliphatic heterocycles. The molecule has 6 atom stereocenters. The van der Waals surface area contributed by atoms with Gasteiger partial charge in [-0.15, -0.1) is 0 Å². The Labute approximate surface area is 198 Å². The van der Waals surface area contributed by atoms with Crippen LogP contribution in [0.4, 0.5) is 0 Å². The smallest absolute Gasteiger partial charge is 0.184 e. The Balaban J connectivity index is 1.59. The zero-order valence-electron chi connectivity index (χ0n) is 16.6. The molecule has 4 rings (SSSR count). The van der Waals surface area contributed by atoms with Crippen LogP contribution in [-0.2, 0) is 18.9 Å². The van der Waals surface area contributed by atoms with Crippen LogP contribution in [0, 0.1) is 0 Å². The second kappa shape index (κ2) is 10.6. The molecule has 0 radical (unpaired) electrons. The molecule has 3 unspecified atom stereocenters. The minimum Gasteiger partial charge on any atom is -0.374 e. The van der Waals surface area contributed by atoms with Gasteiger partial charge in [-0.3, -0.25) is 0 Å². The Morgan fingerprint density at radius 1 is 1.26 bits per heavy atom. The van der Waals surface area contributed by atoms with Crippen LogP contribution in [0.1, 0.15) is 18.8 Å². The van der Waals surface area contributed by atoms with Crippen molar-refractivity contribution in [1.82, 2.24) is 0 Å². The first-order valence-electron chi connectivity index (χ1n) is 9.85. The average molecular weight is 527 g/mol. The van der Waals surface area contributed by atoms with Crippen LogP contribution in [0.3, 0.4) is 0 Å².